The molecular formula is C12H19BrN2. The first-order valence-electron chi connectivity index (χ1n) is 5.44. The maximum absolute atomic E-state index is 5.81. The number of hydrogen-bond donors (Lipinski definition) is 2. The van der Waals surface area contributed by atoms with Gasteiger partial charge in [0.1, 0.15) is 0 Å². The number of aryl methyl sites for hydroxylation is 1. The summed E-state index contributed by atoms with van der Waals surface area (Å²) in [7, 11) is 0. The standard InChI is InChI=1S/C12H19BrN2/c1-3-4-5-6-15-12-7-9(2)11(14)8-10(12)13/h7-8,15H,3-6,14H2,1-2H3. The number of hydrogen-bond acceptors (Lipinski definition) is 2. The van der Waals surface area contributed by atoms with Crippen LogP contribution in [0.1, 0.15) is 31.7 Å². The highest BCUT2D eigenvalue weighted by molar-refractivity contribution is 9.10. The van der Waals surface area contributed by atoms with Crippen LogP contribution in [0.4, 0.5) is 11.4 Å². The molecule has 0 aromatic heterocycles. The molecule has 0 aliphatic heterocycles. The highest BCUT2D eigenvalue weighted by atomic mass is 79.9. The van der Waals surface area contributed by atoms with Gasteiger partial charge in [-0.25, -0.2) is 0 Å². The van der Waals surface area contributed by atoms with E-state index < -0.39 is 0 Å². The fraction of sp³-hybridized carbons (Fsp3) is 0.500. The minimum Gasteiger partial charge on any atom is -0.398 e. The van der Waals surface area contributed by atoms with E-state index in [-0.39, 0.29) is 0 Å². The normalized spacial score (nSPS) is 10.3. The van der Waals surface area contributed by atoms with Crippen LogP contribution in [-0.4, -0.2) is 6.54 Å². The summed E-state index contributed by atoms with van der Waals surface area (Å²) in [5.74, 6) is 0. The van der Waals surface area contributed by atoms with Crippen molar-refractivity contribution in [3.63, 3.8) is 0 Å². The molecule has 0 atom stereocenters. The number of unbranched alkanes of at least 4 members (excludes halogenated alkanes) is 2. The zero-order valence-electron chi connectivity index (χ0n) is 9.44. The van der Waals surface area contributed by atoms with Gasteiger partial charge in [0.05, 0.1) is 0 Å². The molecule has 2 nitrogen and oxygen atoms in total. The molecule has 0 spiro atoms. The highest BCUT2D eigenvalue weighted by Gasteiger charge is 2.02. The Morgan fingerprint density at radius 2 is 2.07 bits per heavy atom. The van der Waals surface area contributed by atoms with Gasteiger partial charge >= 0.3 is 0 Å². The minimum atomic E-state index is 0.834. The third-order valence-corrected chi connectivity index (χ3v) is 3.11. The fourth-order valence-electron chi connectivity index (χ4n) is 1.43. The summed E-state index contributed by atoms with van der Waals surface area (Å²) in [5.41, 5.74) is 8.90. The van der Waals surface area contributed by atoms with Crippen molar-refractivity contribution in [2.45, 2.75) is 33.1 Å². The van der Waals surface area contributed by atoms with Crippen LogP contribution in [0.2, 0.25) is 0 Å². The molecule has 3 heteroatoms. The van der Waals surface area contributed by atoms with Crippen LogP contribution in [0.15, 0.2) is 16.6 Å². The van der Waals surface area contributed by atoms with Gasteiger partial charge in [0.15, 0.2) is 0 Å². The van der Waals surface area contributed by atoms with Crippen molar-refractivity contribution >= 4 is 27.3 Å². The Bertz CT molecular complexity index is 324. The molecule has 0 amide bonds. The van der Waals surface area contributed by atoms with Gasteiger partial charge in [-0.2, -0.15) is 0 Å². The van der Waals surface area contributed by atoms with E-state index in [2.05, 4.69) is 34.2 Å². The van der Waals surface area contributed by atoms with Crippen molar-refractivity contribution in [3.8, 4) is 0 Å². The Balaban J connectivity index is 2.57. The predicted octanol–water partition coefficient (Wildman–Crippen LogP) is 3.94. The largest absolute Gasteiger partial charge is 0.398 e. The van der Waals surface area contributed by atoms with Gasteiger partial charge in [0.2, 0.25) is 0 Å². The third-order valence-electron chi connectivity index (χ3n) is 2.45. The van der Waals surface area contributed by atoms with E-state index in [9.17, 15) is 0 Å². The maximum atomic E-state index is 5.81. The molecule has 0 heterocycles. The van der Waals surface area contributed by atoms with Gasteiger partial charge in [-0.15, -0.1) is 0 Å². The number of halogens is 1. The molecule has 0 saturated carbocycles. The van der Waals surface area contributed by atoms with Crippen LogP contribution in [0.5, 0.6) is 0 Å². The monoisotopic (exact) mass is 270 g/mol. The molecule has 0 bridgehead atoms. The lowest BCUT2D eigenvalue weighted by Crippen LogP contribution is -2.03. The SMILES string of the molecule is CCCCCNc1cc(C)c(N)cc1Br. The quantitative estimate of drug-likeness (QED) is 0.628. The van der Waals surface area contributed by atoms with E-state index in [0.717, 1.165) is 28.0 Å². The first-order chi connectivity index (χ1) is 7.15. The summed E-state index contributed by atoms with van der Waals surface area (Å²) in [6.07, 6.45) is 3.74. The number of benzene rings is 1. The van der Waals surface area contributed by atoms with E-state index in [1.807, 2.05) is 13.0 Å². The predicted molar refractivity (Wildman–Crippen MR) is 71.3 cm³/mol. The van der Waals surface area contributed by atoms with Gasteiger partial charge in [-0.3, -0.25) is 0 Å². The molecule has 0 saturated heterocycles. The smallest absolute Gasteiger partial charge is 0.0488 e. The molecular weight excluding hydrogens is 252 g/mol. The molecule has 15 heavy (non-hydrogen) atoms. The van der Waals surface area contributed by atoms with Gasteiger partial charge < -0.3 is 11.1 Å². The first kappa shape index (κ1) is 12.4. The van der Waals surface area contributed by atoms with Crippen molar-refractivity contribution in [1.82, 2.24) is 0 Å². The number of nitrogen functional groups attached to an aromatic ring is 1. The van der Waals surface area contributed by atoms with Crippen molar-refractivity contribution < 1.29 is 0 Å². The molecule has 1 rings (SSSR count). The zero-order chi connectivity index (χ0) is 11.3. The van der Waals surface area contributed by atoms with Crippen LogP contribution in [0, 0.1) is 6.92 Å². The summed E-state index contributed by atoms with van der Waals surface area (Å²) < 4.78 is 1.04. The second-order valence-electron chi connectivity index (χ2n) is 3.82. The summed E-state index contributed by atoms with van der Waals surface area (Å²) in [4.78, 5) is 0. The zero-order valence-corrected chi connectivity index (χ0v) is 11.0. The number of nitrogens with one attached hydrogen (secondary N) is 1. The molecule has 0 fully saturated rings. The van der Waals surface area contributed by atoms with Crippen LogP contribution < -0.4 is 11.1 Å². The second-order valence-corrected chi connectivity index (χ2v) is 4.68. The number of nitrogens with two attached hydrogens (primary N) is 1. The lowest BCUT2D eigenvalue weighted by atomic mass is 10.2. The van der Waals surface area contributed by atoms with Gasteiger partial charge in [-0.1, -0.05) is 19.8 Å². The Morgan fingerprint density at radius 1 is 1.33 bits per heavy atom. The highest BCUT2D eigenvalue weighted by Crippen LogP contribution is 2.27. The Kier molecular flexibility index (Phi) is 4.95. The Hall–Kier alpha value is -0.700. The molecule has 3 N–H and O–H groups in total. The van der Waals surface area contributed by atoms with Gasteiger partial charge in [0, 0.05) is 22.4 Å². The summed E-state index contributed by atoms with van der Waals surface area (Å²) in [6.45, 7) is 5.26. The van der Waals surface area contributed by atoms with Crippen molar-refractivity contribution in [2.75, 3.05) is 17.6 Å². The number of rotatable bonds is 5. The van der Waals surface area contributed by atoms with Gasteiger partial charge in [0.25, 0.3) is 0 Å². The van der Waals surface area contributed by atoms with Crippen molar-refractivity contribution in [3.05, 3.63) is 22.2 Å². The van der Waals surface area contributed by atoms with Crippen molar-refractivity contribution in [1.29, 1.82) is 0 Å². The Morgan fingerprint density at radius 3 is 2.73 bits per heavy atom. The van der Waals surface area contributed by atoms with Crippen LogP contribution in [0.3, 0.4) is 0 Å². The summed E-state index contributed by atoms with van der Waals surface area (Å²) in [6, 6.07) is 4.04. The van der Waals surface area contributed by atoms with Gasteiger partial charge in [-0.05, 0) is 47.0 Å². The van der Waals surface area contributed by atoms with E-state index >= 15 is 0 Å². The molecule has 1 aromatic carbocycles. The molecule has 84 valence electrons. The minimum absolute atomic E-state index is 0.834. The number of anilines is 2. The molecule has 0 radical (unpaired) electrons. The molecule has 0 unspecified atom stereocenters. The average molecular weight is 271 g/mol. The second kappa shape index (κ2) is 6.01. The lowest BCUT2D eigenvalue weighted by Gasteiger charge is -2.10. The molecule has 0 aliphatic rings. The van der Waals surface area contributed by atoms with E-state index in [1.165, 1.54) is 19.3 Å². The van der Waals surface area contributed by atoms with Crippen LogP contribution >= 0.6 is 15.9 Å². The average Bonchev–Trinajstić information content (AvgIpc) is 2.20. The molecule has 1 aromatic rings. The topological polar surface area (TPSA) is 38.0 Å². The Labute approximate surface area is 100 Å². The van der Waals surface area contributed by atoms with Crippen molar-refractivity contribution in [2.24, 2.45) is 0 Å². The first-order valence-corrected chi connectivity index (χ1v) is 6.24. The summed E-state index contributed by atoms with van der Waals surface area (Å²) in [5, 5.41) is 3.41. The fourth-order valence-corrected chi connectivity index (χ4v) is 1.93. The lowest BCUT2D eigenvalue weighted by molar-refractivity contribution is 0.743. The summed E-state index contributed by atoms with van der Waals surface area (Å²) >= 11 is 3.51. The van der Waals surface area contributed by atoms with Crippen LogP contribution in [0.25, 0.3) is 0 Å². The maximum Gasteiger partial charge on any atom is 0.0488 e. The van der Waals surface area contributed by atoms with E-state index in [4.69, 9.17) is 5.73 Å². The van der Waals surface area contributed by atoms with Crippen LogP contribution in [-0.2, 0) is 0 Å². The van der Waals surface area contributed by atoms with E-state index in [1.54, 1.807) is 0 Å². The van der Waals surface area contributed by atoms with E-state index in [0.29, 0.717) is 0 Å². The molecule has 0 aliphatic carbocycles. The third kappa shape index (κ3) is 3.74.